The topological polar surface area (TPSA) is 4.93 Å². The zero-order valence-electron chi connectivity index (χ0n) is 16.0. The van der Waals surface area contributed by atoms with Crippen LogP contribution in [0.3, 0.4) is 0 Å². The van der Waals surface area contributed by atoms with Gasteiger partial charge in [-0.3, -0.25) is 0 Å². The molecule has 0 aliphatic carbocycles. The summed E-state index contributed by atoms with van der Waals surface area (Å²) in [5.74, 6) is 0. The van der Waals surface area contributed by atoms with Gasteiger partial charge in [0.2, 0.25) is 0 Å². The van der Waals surface area contributed by atoms with Crippen molar-refractivity contribution < 1.29 is 0 Å². The van der Waals surface area contributed by atoms with E-state index >= 15 is 0 Å². The number of hydrogen-bond acceptors (Lipinski definition) is 1. The third-order valence-electron chi connectivity index (χ3n) is 4.85. The molecule has 28 heavy (non-hydrogen) atoms. The Kier molecular flexibility index (Phi) is 5.61. The SMILES string of the molecule is C/C=C/c1cccc(Sc2c(C)n(Cc3ccccc3)c3cc(Cl)ccc23)c1. The lowest BCUT2D eigenvalue weighted by Crippen LogP contribution is -2.01. The van der Waals surface area contributed by atoms with Gasteiger partial charge in [-0.15, -0.1) is 0 Å². The van der Waals surface area contributed by atoms with Crippen molar-refractivity contribution in [2.75, 3.05) is 0 Å². The number of aromatic nitrogens is 1. The minimum absolute atomic E-state index is 0.769. The average Bonchev–Trinajstić information content (AvgIpc) is 2.95. The van der Waals surface area contributed by atoms with E-state index in [2.05, 4.69) is 90.4 Å². The van der Waals surface area contributed by atoms with Gasteiger partial charge in [0.1, 0.15) is 0 Å². The van der Waals surface area contributed by atoms with Crippen molar-refractivity contribution in [1.82, 2.24) is 4.57 Å². The van der Waals surface area contributed by atoms with Gasteiger partial charge in [0.05, 0.1) is 5.52 Å². The van der Waals surface area contributed by atoms with Crippen LogP contribution >= 0.6 is 23.4 Å². The van der Waals surface area contributed by atoms with Crippen LogP contribution in [0.1, 0.15) is 23.7 Å². The minimum atomic E-state index is 0.769. The Balaban J connectivity index is 1.80. The second-order valence-corrected chi connectivity index (χ2v) is 8.34. The lowest BCUT2D eigenvalue weighted by atomic mass is 10.2. The summed E-state index contributed by atoms with van der Waals surface area (Å²) >= 11 is 8.17. The molecule has 0 saturated carbocycles. The number of allylic oxidation sites excluding steroid dienone is 1. The van der Waals surface area contributed by atoms with Crippen LogP contribution in [-0.4, -0.2) is 4.57 Å². The average molecular weight is 404 g/mol. The molecule has 1 aromatic heterocycles. The maximum Gasteiger partial charge on any atom is 0.0512 e. The van der Waals surface area contributed by atoms with E-state index in [0.29, 0.717) is 0 Å². The minimum Gasteiger partial charge on any atom is -0.339 e. The van der Waals surface area contributed by atoms with Gasteiger partial charge >= 0.3 is 0 Å². The Morgan fingerprint density at radius 1 is 0.964 bits per heavy atom. The van der Waals surface area contributed by atoms with E-state index in [0.717, 1.165) is 11.6 Å². The zero-order chi connectivity index (χ0) is 19.5. The maximum absolute atomic E-state index is 6.34. The lowest BCUT2D eigenvalue weighted by molar-refractivity contribution is 0.794. The van der Waals surface area contributed by atoms with E-state index in [1.54, 1.807) is 0 Å². The summed E-state index contributed by atoms with van der Waals surface area (Å²) in [6, 6.07) is 25.4. The molecule has 0 bridgehead atoms. The molecule has 140 valence electrons. The first-order valence-electron chi connectivity index (χ1n) is 9.38. The number of fused-ring (bicyclic) bond motifs is 1. The van der Waals surface area contributed by atoms with E-state index in [9.17, 15) is 0 Å². The predicted molar refractivity (Wildman–Crippen MR) is 123 cm³/mol. The van der Waals surface area contributed by atoms with Crippen LogP contribution in [0, 0.1) is 6.92 Å². The number of rotatable bonds is 5. The molecule has 0 amide bonds. The summed E-state index contributed by atoms with van der Waals surface area (Å²) in [5, 5.41) is 2.02. The summed E-state index contributed by atoms with van der Waals surface area (Å²) in [6.07, 6.45) is 4.21. The van der Waals surface area contributed by atoms with Crippen molar-refractivity contribution >= 4 is 40.3 Å². The molecule has 0 aliphatic rings. The maximum atomic E-state index is 6.34. The highest BCUT2D eigenvalue weighted by molar-refractivity contribution is 7.99. The van der Waals surface area contributed by atoms with Crippen molar-refractivity contribution in [1.29, 1.82) is 0 Å². The van der Waals surface area contributed by atoms with E-state index in [1.165, 1.54) is 37.5 Å². The first-order valence-corrected chi connectivity index (χ1v) is 10.6. The summed E-state index contributed by atoms with van der Waals surface area (Å²) < 4.78 is 2.37. The summed E-state index contributed by atoms with van der Waals surface area (Å²) in [4.78, 5) is 2.53. The number of benzene rings is 3. The molecule has 1 heterocycles. The van der Waals surface area contributed by atoms with Crippen LogP contribution in [-0.2, 0) is 6.54 Å². The van der Waals surface area contributed by atoms with Crippen molar-refractivity contribution in [2.45, 2.75) is 30.2 Å². The van der Waals surface area contributed by atoms with E-state index in [-0.39, 0.29) is 0 Å². The highest BCUT2D eigenvalue weighted by atomic mass is 35.5. The molecule has 1 nitrogen and oxygen atoms in total. The van der Waals surface area contributed by atoms with Gasteiger partial charge in [-0.05, 0) is 49.2 Å². The Labute approximate surface area is 175 Å². The van der Waals surface area contributed by atoms with Crippen molar-refractivity contribution in [2.24, 2.45) is 0 Å². The molecule has 0 aliphatic heterocycles. The summed E-state index contributed by atoms with van der Waals surface area (Å²) in [6.45, 7) is 5.09. The molecule has 0 unspecified atom stereocenters. The van der Waals surface area contributed by atoms with Crippen LogP contribution in [0.25, 0.3) is 17.0 Å². The van der Waals surface area contributed by atoms with Crippen molar-refractivity contribution in [3.63, 3.8) is 0 Å². The highest BCUT2D eigenvalue weighted by Crippen LogP contribution is 2.39. The summed E-state index contributed by atoms with van der Waals surface area (Å²) in [5.41, 5.74) is 4.96. The molecule has 0 fully saturated rings. The second kappa shape index (κ2) is 8.30. The third-order valence-corrected chi connectivity index (χ3v) is 6.29. The van der Waals surface area contributed by atoms with Gasteiger partial charge in [0.25, 0.3) is 0 Å². The number of hydrogen-bond donors (Lipinski definition) is 0. The van der Waals surface area contributed by atoms with E-state index < -0.39 is 0 Å². The van der Waals surface area contributed by atoms with E-state index in [4.69, 9.17) is 11.6 Å². The third kappa shape index (κ3) is 3.89. The number of halogens is 1. The first-order chi connectivity index (χ1) is 13.7. The lowest BCUT2D eigenvalue weighted by Gasteiger charge is -2.09. The monoisotopic (exact) mass is 403 g/mol. The molecule has 0 radical (unpaired) electrons. The van der Waals surface area contributed by atoms with Gasteiger partial charge in [-0.2, -0.15) is 0 Å². The van der Waals surface area contributed by atoms with Crippen LogP contribution in [0.5, 0.6) is 0 Å². The fraction of sp³-hybridized carbons (Fsp3) is 0.120. The Morgan fingerprint density at radius 2 is 1.79 bits per heavy atom. The van der Waals surface area contributed by atoms with Crippen molar-refractivity contribution in [3.05, 3.63) is 101 Å². The van der Waals surface area contributed by atoms with Crippen LogP contribution in [0.15, 0.2) is 88.7 Å². The molecular weight excluding hydrogens is 382 g/mol. The number of nitrogens with zero attached hydrogens (tertiary/aromatic N) is 1. The summed E-state index contributed by atoms with van der Waals surface area (Å²) in [7, 11) is 0. The van der Waals surface area contributed by atoms with Crippen molar-refractivity contribution in [3.8, 4) is 0 Å². The Hall–Kier alpha value is -2.42. The Bertz CT molecular complexity index is 1140. The van der Waals surface area contributed by atoms with Crippen LogP contribution < -0.4 is 0 Å². The van der Waals surface area contributed by atoms with Crippen LogP contribution in [0.4, 0.5) is 0 Å². The van der Waals surface area contributed by atoms with Gasteiger partial charge in [-0.1, -0.05) is 84.0 Å². The fourth-order valence-electron chi connectivity index (χ4n) is 3.51. The zero-order valence-corrected chi connectivity index (χ0v) is 17.6. The fourth-order valence-corrected chi connectivity index (χ4v) is 4.79. The molecule has 4 aromatic rings. The quantitative estimate of drug-likeness (QED) is 0.328. The first kappa shape index (κ1) is 18.9. The standard InChI is InChI=1S/C25H22ClNS/c1-3-8-19-11-7-12-22(15-19)28-25-18(2)27(17-20-9-5-4-6-10-20)24-16-21(26)13-14-23(24)25/h3-16H,17H2,1-2H3/b8-3+. The normalized spacial score (nSPS) is 11.5. The molecule has 0 saturated heterocycles. The molecule has 0 spiro atoms. The molecule has 3 heteroatoms. The largest absolute Gasteiger partial charge is 0.339 e. The molecule has 0 atom stereocenters. The highest BCUT2D eigenvalue weighted by Gasteiger charge is 2.16. The van der Waals surface area contributed by atoms with Crippen LogP contribution in [0.2, 0.25) is 5.02 Å². The molecular formula is C25H22ClNS. The second-order valence-electron chi connectivity index (χ2n) is 6.82. The van der Waals surface area contributed by atoms with Gasteiger partial charge in [0, 0.05) is 32.4 Å². The molecule has 3 aromatic carbocycles. The molecule has 0 N–H and O–H groups in total. The van der Waals surface area contributed by atoms with Gasteiger partial charge in [0.15, 0.2) is 0 Å². The van der Waals surface area contributed by atoms with Gasteiger partial charge < -0.3 is 4.57 Å². The predicted octanol–water partition coefficient (Wildman–Crippen LogP) is 7.84. The Morgan fingerprint density at radius 3 is 2.57 bits per heavy atom. The van der Waals surface area contributed by atoms with Gasteiger partial charge in [-0.25, -0.2) is 0 Å². The molecule has 4 rings (SSSR count). The van der Waals surface area contributed by atoms with E-state index in [1.807, 2.05) is 24.8 Å². The smallest absolute Gasteiger partial charge is 0.0512 e.